The summed E-state index contributed by atoms with van der Waals surface area (Å²) in [7, 11) is -0.0774. The lowest BCUT2D eigenvalue weighted by atomic mass is 10.4. The Hall–Kier alpha value is -2.09. The molecule has 2 rings (SSSR count). The Bertz CT molecular complexity index is 678. The molecule has 0 fully saturated rings. The maximum atomic E-state index is 12.2. The molecule has 2 heterocycles. The van der Waals surface area contributed by atoms with E-state index in [1.165, 1.54) is 6.20 Å². The Morgan fingerprint density at radius 2 is 2.11 bits per heavy atom. The molecule has 0 amide bonds. The van der Waals surface area contributed by atoms with Crippen molar-refractivity contribution in [1.29, 1.82) is 0 Å². The van der Waals surface area contributed by atoms with Crippen LogP contribution < -0.4 is 9.62 Å². The Morgan fingerprint density at radius 3 is 2.68 bits per heavy atom. The van der Waals surface area contributed by atoms with Crippen LogP contribution in [0.2, 0.25) is 0 Å². The third kappa shape index (κ3) is 2.68. The number of H-pyrrole nitrogens is 1. The van der Waals surface area contributed by atoms with E-state index in [-0.39, 0.29) is 4.90 Å². The summed E-state index contributed by atoms with van der Waals surface area (Å²) in [4.78, 5) is 6.00. The second kappa shape index (κ2) is 4.88. The monoisotopic (exact) mass is 281 g/mol. The summed E-state index contributed by atoms with van der Waals surface area (Å²) < 4.78 is 27.0. The van der Waals surface area contributed by atoms with Gasteiger partial charge in [-0.2, -0.15) is 5.10 Å². The minimum Gasteiger partial charge on any atom is -0.361 e. The van der Waals surface area contributed by atoms with E-state index in [9.17, 15) is 8.42 Å². The maximum absolute atomic E-state index is 12.2. The van der Waals surface area contributed by atoms with Gasteiger partial charge in [-0.3, -0.25) is 9.82 Å². The first-order chi connectivity index (χ1) is 8.92. The molecule has 0 aliphatic rings. The van der Waals surface area contributed by atoms with E-state index in [4.69, 9.17) is 0 Å². The van der Waals surface area contributed by atoms with Gasteiger partial charge >= 0.3 is 0 Å². The molecule has 2 aromatic rings. The number of hydrogen-bond acceptors (Lipinski definition) is 5. The molecule has 0 aliphatic carbocycles. The zero-order chi connectivity index (χ0) is 14.0. The number of sulfonamides is 1. The van der Waals surface area contributed by atoms with Gasteiger partial charge in [0.2, 0.25) is 0 Å². The fourth-order valence-corrected chi connectivity index (χ4v) is 2.84. The minimum atomic E-state index is -3.67. The van der Waals surface area contributed by atoms with Crippen LogP contribution in [0.5, 0.6) is 0 Å². The van der Waals surface area contributed by atoms with Gasteiger partial charge in [-0.25, -0.2) is 13.4 Å². The van der Waals surface area contributed by atoms with Crippen molar-refractivity contribution < 1.29 is 8.42 Å². The number of rotatable bonds is 4. The van der Waals surface area contributed by atoms with Crippen LogP contribution >= 0.6 is 0 Å². The van der Waals surface area contributed by atoms with Gasteiger partial charge < -0.3 is 4.90 Å². The summed E-state index contributed by atoms with van der Waals surface area (Å²) >= 11 is 0. The highest BCUT2D eigenvalue weighted by Crippen LogP contribution is 2.24. The van der Waals surface area contributed by atoms with E-state index in [0.29, 0.717) is 17.2 Å². The fourth-order valence-electron chi connectivity index (χ4n) is 1.64. The van der Waals surface area contributed by atoms with E-state index < -0.39 is 10.0 Å². The SMILES string of the molecule is Cc1[nH]ncc1S(=O)(=O)Nc1cccnc1N(C)C. The Labute approximate surface area is 111 Å². The van der Waals surface area contributed by atoms with Crippen molar-refractivity contribution in [3.05, 3.63) is 30.2 Å². The molecule has 2 aromatic heterocycles. The predicted octanol–water partition coefficient (Wildman–Crippen LogP) is 0.980. The highest BCUT2D eigenvalue weighted by Gasteiger charge is 2.20. The molecule has 0 unspecified atom stereocenters. The van der Waals surface area contributed by atoms with Crippen LogP contribution in [0.15, 0.2) is 29.4 Å². The van der Waals surface area contributed by atoms with Crippen molar-refractivity contribution in [2.45, 2.75) is 11.8 Å². The van der Waals surface area contributed by atoms with E-state index >= 15 is 0 Å². The van der Waals surface area contributed by atoms with Crippen LogP contribution in [0.4, 0.5) is 11.5 Å². The number of nitrogens with one attached hydrogen (secondary N) is 2. The van der Waals surface area contributed by atoms with Crippen molar-refractivity contribution in [1.82, 2.24) is 15.2 Å². The van der Waals surface area contributed by atoms with E-state index in [1.807, 2.05) is 0 Å². The first-order valence-corrected chi connectivity index (χ1v) is 7.05. The van der Waals surface area contributed by atoms with Gasteiger partial charge in [-0.05, 0) is 19.1 Å². The van der Waals surface area contributed by atoms with Gasteiger partial charge in [-0.15, -0.1) is 0 Å². The van der Waals surface area contributed by atoms with Gasteiger partial charge in [0, 0.05) is 20.3 Å². The van der Waals surface area contributed by atoms with Gasteiger partial charge in [-0.1, -0.05) is 0 Å². The second-order valence-electron chi connectivity index (χ2n) is 4.23. The molecule has 0 bridgehead atoms. The maximum Gasteiger partial charge on any atom is 0.265 e. The Kier molecular flexibility index (Phi) is 3.43. The molecule has 0 radical (unpaired) electrons. The molecule has 0 spiro atoms. The van der Waals surface area contributed by atoms with E-state index in [0.717, 1.165) is 0 Å². The van der Waals surface area contributed by atoms with Gasteiger partial charge in [0.25, 0.3) is 10.0 Å². The lowest BCUT2D eigenvalue weighted by Crippen LogP contribution is -2.18. The number of hydrogen-bond donors (Lipinski definition) is 2. The zero-order valence-corrected chi connectivity index (χ0v) is 11.7. The van der Waals surface area contributed by atoms with Crippen LogP contribution in [0.1, 0.15) is 5.69 Å². The first-order valence-electron chi connectivity index (χ1n) is 5.57. The molecule has 19 heavy (non-hydrogen) atoms. The molecule has 0 aromatic carbocycles. The van der Waals surface area contributed by atoms with E-state index in [1.54, 1.807) is 44.2 Å². The number of pyridine rings is 1. The number of aryl methyl sites for hydroxylation is 1. The van der Waals surface area contributed by atoms with Crippen molar-refractivity contribution in [2.75, 3.05) is 23.7 Å². The molecule has 7 nitrogen and oxygen atoms in total. The smallest absolute Gasteiger partial charge is 0.265 e. The lowest BCUT2D eigenvalue weighted by Gasteiger charge is -2.16. The summed E-state index contributed by atoms with van der Waals surface area (Å²) in [5.41, 5.74) is 0.913. The summed E-state index contributed by atoms with van der Waals surface area (Å²) in [5.74, 6) is 0.548. The van der Waals surface area contributed by atoms with E-state index in [2.05, 4.69) is 19.9 Å². The van der Waals surface area contributed by atoms with Crippen LogP contribution in [0.3, 0.4) is 0 Å². The van der Waals surface area contributed by atoms with Gasteiger partial charge in [0.15, 0.2) is 5.82 Å². The standard InChI is InChI=1S/C11H15N5O2S/c1-8-10(7-13-14-8)19(17,18)15-9-5-4-6-12-11(9)16(2)3/h4-7,15H,1-3H3,(H,13,14). The average Bonchev–Trinajstić information content (AvgIpc) is 2.76. The average molecular weight is 281 g/mol. The van der Waals surface area contributed by atoms with Gasteiger partial charge in [0.1, 0.15) is 4.90 Å². The highest BCUT2D eigenvalue weighted by molar-refractivity contribution is 7.92. The predicted molar refractivity (Wildman–Crippen MR) is 72.7 cm³/mol. The lowest BCUT2D eigenvalue weighted by molar-refractivity contribution is 0.600. The summed E-state index contributed by atoms with van der Waals surface area (Å²) in [6, 6.07) is 3.34. The third-order valence-electron chi connectivity index (χ3n) is 2.53. The van der Waals surface area contributed by atoms with Crippen molar-refractivity contribution in [2.24, 2.45) is 0 Å². The van der Waals surface area contributed by atoms with Crippen molar-refractivity contribution in [3.63, 3.8) is 0 Å². The fraction of sp³-hybridized carbons (Fsp3) is 0.273. The largest absolute Gasteiger partial charge is 0.361 e. The summed E-state index contributed by atoms with van der Waals surface area (Å²) in [5, 5.41) is 6.32. The molecular weight excluding hydrogens is 266 g/mol. The second-order valence-corrected chi connectivity index (χ2v) is 5.88. The van der Waals surface area contributed by atoms with Crippen LogP contribution in [0.25, 0.3) is 0 Å². The van der Waals surface area contributed by atoms with Crippen LogP contribution in [0, 0.1) is 6.92 Å². The topological polar surface area (TPSA) is 91.0 Å². The highest BCUT2D eigenvalue weighted by atomic mass is 32.2. The molecule has 0 saturated carbocycles. The van der Waals surface area contributed by atoms with Gasteiger partial charge in [0.05, 0.1) is 17.6 Å². The minimum absolute atomic E-state index is 0.126. The summed E-state index contributed by atoms with van der Waals surface area (Å²) in [6.45, 7) is 1.65. The summed E-state index contributed by atoms with van der Waals surface area (Å²) in [6.07, 6.45) is 2.89. The molecular formula is C11H15N5O2S. The molecule has 0 saturated heterocycles. The number of aromatic nitrogens is 3. The number of nitrogens with zero attached hydrogens (tertiary/aromatic N) is 3. The molecule has 0 atom stereocenters. The normalized spacial score (nSPS) is 11.3. The molecule has 102 valence electrons. The number of aromatic amines is 1. The van der Waals surface area contributed by atoms with Crippen LogP contribution in [-0.2, 0) is 10.0 Å². The Morgan fingerprint density at radius 1 is 1.37 bits per heavy atom. The third-order valence-corrected chi connectivity index (χ3v) is 4.01. The van der Waals surface area contributed by atoms with Crippen molar-refractivity contribution in [3.8, 4) is 0 Å². The number of anilines is 2. The zero-order valence-electron chi connectivity index (χ0n) is 10.9. The molecule has 0 aliphatic heterocycles. The quantitative estimate of drug-likeness (QED) is 0.871. The van der Waals surface area contributed by atoms with Crippen LogP contribution in [-0.4, -0.2) is 37.7 Å². The first kappa shape index (κ1) is 13.3. The Balaban J connectivity index is 2.39. The molecule has 2 N–H and O–H groups in total. The molecule has 8 heteroatoms. The van der Waals surface area contributed by atoms with Crippen molar-refractivity contribution >= 4 is 21.5 Å².